The van der Waals surface area contributed by atoms with Gasteiger partial charge < -0.3 is 10.4 Å². The summed E-state index contributed by atoms with van der Waals surface area (Å²) in [4.78, 5) is 14.6. The second-order valence-electron chi connectivity index (χ2n) is 5.64. The van der Waals surface area contributed by atoms with Crippen LogP contribution in [0.5, 0.6) is 0 Å². The number of urea groups is 1. The molecule has 0 saturated carbocycles. The molecule has 128 valence electrons. The fourth-order valence-corrected chi connectivity index (χ4v) is 2.61. The highest BCUT2D eigenvalue weighted by atomic mass is 16.3. The number of hydrogen-bond acceptors (Lipinski definition) is 3. The number of aryl methyl sites for hydroxylation is 1. The Morgan fingerprint density at radius 3 is 2.12 bits per heavy atom. The number of carbonyl (C=O) groups excluding carboxylic acids is 1. The van der Waals surface area contributed by atoms with Crippen molar-refractivity contribution < 1.29 is 9.90 Å². The first-order valence-corrected chi connectivity index (χ1v) is 7.99. The summed E-state index contributed by atoms with van der Waals surface area (Å²) in [5, 5.41) is 16.7. The monoisotopic (exact) mass is 336 g/mol. The number of hydrogen-bond donors (Lipinski definition) is 2. The SMILES string of the molecule is Cn1cc([C@H](CO)NC(=O)N(c2ccccc2)c2ccccc2)cn1. The molecular formula is C19H20N4O2. The minimum absolute atomic E-state index is 0.213. The first-order valence-electron chi connectivity index (χ1n) is 7.99. The summed E-state index contributed by atoms with van der Waals surface area (Å²) < 4.78 is 1.64. The number of para-hydroxylation sites is 2. The Kier molecular flexibility index (Phi) is 5.11. The van der Waals surface area contributed by atoms with E-state index in [1.54, 1.807) is 29.0 Å². The van der Waals surface area contributed by atoms with Crippen molar-refractivity contribution >= 4 is 17.4 Å². The molecule has 6 heteroatoms. The van der Waals surface area contributed by atoms with Gasteiger partial charge in [0.2, 0.25) is 0 Å². The number of carbonyl (C=O) groups is 1. The molecule has 0 saturated heterocycles. The Morgan fingerprint density at radius 2 is 1.68 bits per heavy atom. The van der Waals surface area contributed by atoms with Crippen molar-refractivity contribution in [3.05, 3.63) is 78.6 Å². The number of anilines is 2. The molecule has 1 aromatic heterocycles. The van der Waals surface area contributed by atoms with Crippen LogP contribution in [0.15, 0.2) is 73.1 Å². The highest BCUT2D eigenvalue weighted by molar-refractivity contribution is 5.99. The lowest BCUT2D eigenvalue weighted by molar-refractivity contribution is 0.223. The number of aliphatic hydroxyl groups is 1. The second-order valence-corrected chi connectivity index (χ2v) is 5.64. The third-order valence-electron chi connectivity index (χ3n) is 3.84. The number of rotatable bonds is 5. The Labute approximate surface area is 146 Å². The predicted molar refractivity (Wildman–Crippen MR) is 96.6 cm³/mol. The van der Waals surface area contributed by atoms with Gasteiger partial charge in [-0.05, 0) is 24.3 Å². The molecule has 3 aromatic rings. The number of amides is 2. The normalized spacial score (nSPS) is 11.8. The van der Waals surface area contributed by atoms with Gasteiger partial charge in [-0.25, -0.2) is 4.79 Å². The Hall–Kier alpha value is -3.12. The van der Waals surface area contributed by atoms with Crippen LogP contribution < -0.4 is 10.2 Å². The van der Waals surface area contributed by atoms with Gasteiger partial charge in [0, 0.05) is 18.8 Å². The van der Waals surface area contributed by atoms with Crippen LogP contribution >= 0.6 is 0 Å². The standard InChI is InChI=1S/C19H20N4O2/c1-22-13-15(12-20-22)18(14-24)21-19(25)23(16-8-4-2-5-9-16)17-10-6-3-7-11-17/h2-13,18,24H,14H2,1H3,(H,21,25)/t18-/m0/s1. The van der Waals surface area contributed by atoms with E-state index >= 15 is 0 Å². The molecule has 0 aliphatic heterocycles. The molecule has 0 fully saturated rings. The van der Waals surface area contributed by atoms with E-state index in [2.05, 4.69) is 10.4 Å². The molecule has 2 amide bonds. The summed E-state index contributed by atoms with van der Waals surface area (Å²) in [5.41, 5.74) is 2.24. The lowest BCUT2D eigenvalue weighted by atomic mass is 10.2. The van der Waals surface area contributed by atoms with Crippen molar-refractivity contribution in [3.8, 4) is 0 Å². The maximum Gasteiger partial charge on any atom is 0.327 e. The van der Waals surface area contributed by atoms with Crippen molar-refractivity contribution in [3.63, 3.8) is 0 Å². The van der Waals surface area contributed by atoms with Gasteiger partial charge in [0.1, 0.15) is 0 Å². The van der Waals surface area contributed by atoms with Gasteiger partial charge in [-0.3, -0.25) is 9.58 Å². The number of nitrogens with one attached hydrogen (secondary N) is 1. The molecule has 0 unspecified atom stereocenters. The molecule has 0 bridgehead atoms. The van der Waals surface area contributed by atoms with E-state index in [1.807, 2.05) is 60.7 Å². The summed E-state index contributed by atoms with van der Waals surface area (Å²) in [6.45, 7) is -0.213. The van der Waals surface area contributed by atoms with Gasteiger partial charge in [-0.1, -0.05) is 36.4 Å². The van der Waals surface area contributed by atoms with Crippen LogP contribution in [0.2, 0.25) is 0 Å². The number of aliphatic hydroxyl groups excluding tert-OH is 1. The molecule has 6 nitrogen and oxygen atoms in total. The minimum atomic E-state index is -0.531. The van der Waals surface area contributed by atoms with E-state index < -0.39 is 6.04 Å². The van der Waals surface area contributed by atoms with E-state index in [4.69, 9.17) is 0 Å². The quantitative estimate of drug-likeness (QED) is 0.752. The molecule has 1 atom stereocenters. The largest absolute Gasteiger partial charge is 0.394 e. The molecule has 0 aliphatic carbocycles. The van der Waals surface area contributed by atoms with E-state index in [1.165, 1.54) is 0 Å². The maximum atomic E-state index is 13.0. The van der Waals surface area contributed by atoms with E-state index in [9.17, 15) is 9.90 Å². The molecule has 0 aliphatic rings. The summed E-state index contributed by atoms with van der Waals surface area (Å²) in [5.74, 6) is 0. The number of nitrogens with zero attached hydrogens (tertiary/aromatic N) is 3. The van der Waals surface area contributed by atoms with Crippen LogP contribution in [-0.2, 0) is 7.05 Å². The maximum absolute atomic E-state index is 13.0. The zero-order valence-electron chi connectivity index (χ0n) is 13.9. The van der Waals surface area contributed by atoms with Crippen molar-refractivity contribution in [1.82, 2.24) is 15.1 Å². The third kappa shape index (κ3) is 3.87. The summed E-state index contributed by atoms with van der Waals surface area (Å²) in [7, 11) is 1.79. The summed E-state index contributed by atoms with van der Waals surface area (Å²) >= 11 is 0. The highest BCUT2D eigenvalue weighted by Gasteiger charge is 2.22. The van der Waals surface area contributed by atoms with Crippen LogP contribution in [0.25, 0.3) is 0 Å². The van der Waals surface area contributed by atoms with E-state index in [-0.39, 0.29) is 12.6 Å². The fourth-order valence-electron chi connectivity index (χ4n) is 2.61. The van der Waals surface area contributed by atoms with Crippen molar-refractivity contribution in [1.29, 1.82) is 0 Å². The van der Waals surface area contributed by atoms with Crippen molar-refractivity contribution in [2.24, 2.45) is 7.05 Å². The van der Waals surface area contributed by atoms with Crippen LogP contribution in [0, 0.1) is 0 Å². The molecular weight excluding hydrogens is 316 g/mol. The topological polar surface area (TPSA) is 70.4 Å². The van der Waals surface area contributed by atoms with Crippen molar-refractivity contribution in [2.45, 2.75) is 6.04 Å². The number of benzene rings is 2. The van der Waals surface area contributed by atoms with Gasteiger partial charge in [-0.2, -0.15) is 5.10 Å². The molecule has 3 rings (SSSR count). The first-order chi connectivity index (χ1) is 12.2. The molecule has 25 heavy (non-hydrogen) atoms. The van der Waals surface area contributed by atoms with Gasteiger partial charge in [0.05, 0.1) is 30.2 Å². The summed E-state index contributed by atoms with van der Waals surface area (Å²) in [6.07, 6.45) is 3.41. The second kappa shape index (κ2) is 7.63. The Bertz CT molecular complexity index is 778. The van der Waals surface area contributed by atoms with Gasteiger partial charge in [-0.15, -0.1) is 0 Å². The smallest absolute Gasteiger partial charge is 0.327 e. The van der Waals surface area contributed by atoms with Crippen LogP contribution in [-0.4, -0.2) is 27.5 Å². The Balaban J connectivity index is 1.89. The average molecular weight is 336 g/mol. The molecule has 0 radical (unpaired) electrons. The van der Waals surface area contributed by atoms with E-state index in [0.717, 1.165) is 16.9 Å². The molecule has 1 heterocycles. The molecule has 2 N–H and O–H groups in total. The fraction of sp³-hybridized carbons (Fsp3) is 0.158. The van der Waals surface area contributed by atoms with Gasteiger partial charge in [0.15, 0.2) is 0 Å². The lowest BCUT2D eigenvalue weighted by Crippen LogP contribution is -2.40. The van der Waals surface area contributed by atoms with Crippen LogP contribution in [0.4, 0.5) is 16.2 Å². The Morgan fingerprint density at radius 1 is 1.12 bits per heavy atom. The highest BCUT2D eigenvalue weighted by Crippen LogP contribution is 2.25. The van der Waals surface area contributed by atoms with Gasteiger partial charge in [0.25, 0.3) is 0 Å². The zero-order chi connectivity index (χ0) is 17.6. The van der Waals surface area contributed by atoms with Crippen molar-refractivity contribution in [2.75, 3.05) is 11.5 Å². The molecule has 0 spiro atoms. The minimum Gasteiger partial charge on any atom is -0.394 e. The average Bonchev–Trinajstić information content (AvgIpc) is 3.08. The third-order valence-corrected chi connectivity index (χ3v) is 3.84. The predicted octanol–water partition coefficient (Wildman–Crippen LogP) is 3.00. The van der Waals surface area contributed by atoms with E-state index in [0.29, 0.717) is 0 Å². The lowest BCUT2D eigenvalue weighted by Gasteiger charge is -2.26. The molecule has 2 aromatic carbocycles. The van der Waals surface area contributed by atoms with Crippen LogP contribution in [0.1, 0.15) is 11.6 Å². The first kappa shape index (κ1) is 16.7. The van der Waals surface area contributed by atoms with Crippen LogP contribution in [0.3, 0.4) is 0 Å². The van der Waals surface area contributed by atoms with Gasteiger partial charge >= 0.3 is 6.03 Å². The zero-order valence-corrected chi connectivity index (χ0v) is 13.9. The summed E-state index contributed by atoms with van der Waals surface area (Å²) in [6, 6.07) is 17.9. The number of aromatic nitrogens is 2.